The number of likely N-dealkylation sites (tertiary alicyclic amines) is 1. The number of aromatic nitrogens is 2. The molecule has 3 aromatic rings. The highest BCUT2D eigenvalue weighted by molar-refractivity contribution is 7.99. The number of carbonyl (C=O) groups excluding carboxylic acids is 1. The van der Waals surface area contributed by atoms with Gasteiger partial charge in [0.1, 0.15) is 5.82 Å². The smallest absolute Gasteiger partial charge is 0.266 e. The third-order valence-electron chi connectivity index (χ3n) is 5.38. The summed E-state index contributed by atoms with van der Waals surface area (Å²) in [6, 6.07) is 13.1. The van der Waals surface area contributed by atoms with Gasteiger partial charge >= 0.3 is 0 Å². The van der Waals surface area contributed by atoms with Gasteiger partial charge in [0.15, 0.2) is 5.16 Å². The van der Waals surface area contributed by atoms with Crippen LogP contribution >= 0.6 is 11.8 Å². The van der Waals surface area contributed by atoms with Gasteiger partial charge in [0, 0.05) is 13.1 Å². The Morgan fingerprint density at radius 2 is 1.77 bits per heavy atom. The zero-order valence-corrected chi connectivity index (χ0v) is 17.9. The fraction of sp³-hybridized carbons (Fsp3) is 0.348. The third-order valence-corrected chi connectivity index (χ3v) is 6.31. The van der Waals surface area contributed by atoms with Crippen LogP contribution in [0.2, 0.25) is 0 Å². The predicted octanol–water partition coefficient (Wildman–Crippen LogP) is 4.12. The minimum atomic E-state index is -0.511. The van der Waals surface area contributed by atoms with Crippen molar-refractivity contribution >= 4 is 28.6 Å². The summed E-state index contributed by atoms with van der Waals surface area (Å²) in [6.45, 7) is 5.80. The van der Waals surface area contributed by atoms with Gasteiger partial charge < -0.3 is 4.90 Å². The van der Waals surface area contributed by atoms with E-state index in [2.05, 4.69) is 18.8 Å². The van der Waals surface area contributed by atoms with Gasteiger partial charge in [-0.25, -0.2) is 9.37 Å². The number of halogens is 1. The molecule has 4 rings (SSSR count). The van der Waals surface area contributed by atoms with Crippen LogP contribution in [0.5, 0.6) is 0 Å². The summed E-state index contributed by atoms with van der Waals surface area (Å²) in [7, 11) is 0. The summed E-state index contributed by atoms with van der Waals surface area (Å²) in [5.41, 5.74) is 0.321. The maximum Gasteiger partial charge on any atom is 0.266 e. The van der Waals surface area contributed by atoms with Gasteiger partial charge in [0.25, 0.3) is 5.56 Å². The largest absolute Gasteiger partial charge is 0.341 e. The molecular weight excluding hydrogens is 401 g/mol. The highest BCUT2D eigenvalue weighted by Gasteiger charge is 2.26. The molecule has 1 aromatic heterocycles. The molecule has 1 amide bonds. The molecule has 2 atom stereocenters. The van der Waals surface area contributed by atoms with Crippen LogP contribution in [0.4, 0.5) is 4.39 Å². The number of piperidine rings is 1. The van der Waals surface area contributed by atoms with E-state index in [-0.39, 0.29) is 22.9 Å². The molecule has 1 aliphatic rings. The number of fused-ring (bicyclic) bond motifs is 1. The second-order valence-electron chi connectivity index (χ2n) is 8.04. The quantitative estimate of drug-likeness (QED) is 0.466. The molecule has 0 radical (unpaired) electrons. The molecule has 30 heavy (non-hydrogen) atoms. The lowest BCUT2D eigenvalue weighted by Gasteiger charge is -2.35. The lowest BCUT2D eigenvalue weighted by atomic mass is 9.92. The van der Waals surface area contributed by atoms with Gasteiger partial charge in [-0.15, -0.1) is 0 Å². The first-order chi connectivity index (χ1) is 14.4. The number of benzene rings is 2. The number of para-hydroxylation sites is 2. The van der Waals surface area contributed by atoms with E-state index in [1.165, 1.54) is 22.4 Å². The first-order valence-corrected chi connectivity index (χ1v) is 11.1. The number of carbonyl (C=O) groups is 1. The molecular formula is C23H24FN3O2S. The molecule has 2 unspecified atom stereocenters. The summed E-state index contributed by atoms with van der Waals surface area (Å²) in [6.07, 6.45) is 1.12. The van der Waals surface area contributed by atoms with Crippen molar-refractivity contribution in [1.82, 2.24) is 14.5 Å². The molecule has 0 spiro atoms. The van der Waals surface area contributed by atoms with Gasteiger partial charge in [-0.3, -0.25) is 14.2 Å². The Labute approximate surface area is 178 Å². The minimum Gasteiger partial charge on any atom is -0.341 e. The van der Waals surface area contributed by atoms with E-state index in [1.54, 1.807) is 42.5 Å². The Balaban J connectivity index is 1.69. The van der Waals surface area contributed by atoms with E-state index >= 15 is 0 Å². The van der Waals surface area contributed by atoms with Crippen molar-refractivity contribution in [2.75, 3.05) is 18.8 Å². The third kappa shape index (κ3) is 4.12. The van der Waals surface area contributed by atoms with E-state index in [0.717, 1.165) is 19.5 Å². The zero-order chi connectivity index (χ0) is 21.3. The highest BCUT2D eigenvalue weighted by Crippen LogP contribution is 2.25. The monoisotopic (exact) mass is 425 g/mol. The molecule has 0 N–H and O–H groups in total. The standard InChI is InChI=1S/C23H24FN3O2S/c1-15-11-16(2)13-26(12-15)21(28)14-30-23-25-19-9-5-3-7-17(19)22(29)27(23)20-10-6-4-8-18(20)24/h3-10,15-16H,11-14H2,1-2H3. The summed E-state index contributed by atoms with van der Waals surface area (Å²) in [4.78, 5) is 32.5. The van der Waals surface area contributed by atoms with Crippen LogP contribution in [-0.2, 0) is 4.79 Å². The predicted molar refractivity (Wildman–Crippen MR) is 118 cm³/mol. The van der Waals surface area contributed by atoms with E-state index in [9.17, 15) is 14.0 Å². The number of hydrogen-bond acceptors (Lipinski definition) is 4. The summed E-state index contributed by atoms with van der Waals surface area (Å²) in [5.74, 6) is 0.596. The molecule has 7 heteroatoms. The number of nitrogens with zero attached hydrogens (tertiary/aromatic N) is 3. The zero-order valence-electron chi connectivity index (χ0n) is 17.0. The van der Waals surface area contributed by atoms with Crippen LogP contribution in [0.15, 0.2) is 58.5 Å². The Morgan fingerprint density at radius 1 is 1.10 bits per heavy atom. The summed E-state index contributed by atoms with van der Waals surface area (Å²) in [5, 5.41) is 0.727. The van der Waals surface area contributed by atoms with Crippen LogP contribution < -0.4 is 5.56 Å². The first-order valence-electron chi connectivity index (χ1n) is 10.1. The van der Waals surface area contributed by atoms with Crippen molar-refractivity contribution in [3.63, 3.8) is 0 Å². The second-order valence-corrected chi connectivity index (χ2v) is 8.98. The second kappa shape index (κ2) is 8.60. The first kappa shape index (κ1) is 20.6. The summed E-state index contributed by atoms with van der Waals surface area (Å²) >= 11 is 1.18. The molecule has 2 heterocycles. The van der Waals surface area contributed by atoms with Crippen LogP contribution in [0.1, 0.15) is 20.3 Å². The van der Waals surface area contributed by atoms with Crippen molar-refractivity contribution in [3.8, 4) is 5.69 Å². The van der Waals surface area contributed by atoms with E-state index in [0.29, 0.717) is 27.9 Å². The molecule has 2 aromatic carbocycles. The molecule has 5 nitrogen and oxygen atoms in total. The maximum absolute atomic E-state index is 14.5. The average Bonchev–Trinajstić information content (AvgIpc) is 2.72. The Morgan fingerprint density at radius 3 is 2.50 bits per heavy atom. The van der Waals surface area contributed by atoms with Gasteiger partial charge in [-0.2, -0.15) is 0 Å². The van der Waals surface area contributed by atoms with Crippen molar-refractivity contribution in [3.05, 3.63) is 64.7 Å². The summed E-state index contributed by atoms with van der Waals surface area (Å²) < 4.78 is 15.8. The van der Waals surface area contributed by atoms with E-state index in [4.69, 9.17) is 0 Å². The van der Waals surface area contributed by atoms with E-state index < -0.39 is 5.82 Å². The molecule has 156 valence electrons. The van der Waals surface area contributed by atoms with Crippen molar-refractivity contribution < 1.29 is 9.18 Å². The van der Waals surface area contributed by atoms with Crippen molar-refractivity contribution in [2.24, 2.45) is 11.8 Å². The van der Waals surface area contributed by atoms with Crippen molar-refractivity contribution in [2.45, 2.75) is 25.4 Å². The Kier molecular flexibility index (Phi) is 5.90. The number of thioether (sulfide) groups is 1. The van der Waals surface area contributed by atoms with Crippen LogP contribution in [0.3, 0.4) is 0 Å². The highest BCUT2D eigenvalue weighted by atomic mass is 32.2. The molecule has 0 bridgehead atoms. The number of amides is 1. The molecule has 1 aliphatic heterocycles. The van der Waals surface area contributed by atoms with Gasteiger partial charge in [-0.05, 0) is 42.5 Å². The van der Waals surface area contributed by atoms with Crippen LogP contribution in [-0.4, -0.2) is 39.2 Å². The number of hydrogen-bond donors (Lipinski definition) is 0. The fourth-order valence-corrected chi connectivity index (χ4v) is 5.05. The van der Waals surface area contributed by atoms with Gasteiger partial charge in [0.2, 0.25) is 5.91 Å². The van der Waals surface area contributed by atoms with Crippen molar-refractivity contribution in [1.29, 1.82) is 0 Å². The lowest BCUT2D eigenvalue weighted by Crippen LogP contribution is -2.43. The maximum atomic E-state index is 14.5. The molecule has 1 fully saturated rings. The Bertz CT molecular complexity index is 1140. The SMILES string of the molecule is CC1CC(C)CN(C(=O)CSc2nc3ccccc3c(=O)n2-c2ccccc2F)C1. The van der Waals surface area contributed by atoms with Gasteiger partial charge in [-0.1, -0.05) is 49.9 Å². The average molecular weight is 426 g/mol. The molecule has 0 aliphatic carbocycles. The minimum absolute atomic E-state index is 0.0147. The topological polar surface area (TPSA) is 55.2 Å². The normalized spacial score (nSPS) is 19.2. The van der Waals surface area contributed by atoms with Crippen LogP contribution in [0.25, 0.3) is 16.6 Å². The fourth-order valence-electron chi connectivity index (χ4n) is 4.14. The molecule has 1 saturated heterocycles. The van der Waals surface area contributed by atoms with Gasteiger partial charge in [0.05, 0.1) is 22.3 Å². The lowest BCUT2D eigenvalue weighted by molar-refractivity contribution is -0.130. The number of rotatable bonds is 4. The van der Waals surface area contributed by atoms with E-state index in [1.807, 2.05) is 4.90 Å². The van der Waals surface area contributed by atoms with Crippen LogP contribution in [0, 0.1) is 17.7 Å². The molecule has 0 saturated carbocycles. The Hall–Kier alpha value is -2.67.